The van der Waals surface area contributed by atoms with E-state index in [0.717, 1.165) is 10.9 Å². The van der Waals surface area contributed by atoms with Crippen molar-refractivity contribution in [3.63, 3.8) is 0 Å². The highest BCUT2D eigenvalue weighted by Gasteiger charge is 2.18. The van der Waals surface area contributed by atoms with Crippen molar-refractivity contribution < 1.29 is 17.9 Å². The smallest absolute Gasteiger partial charge is 0.187 e. The number of carbonyl (C=O) groups is 1. The Kier molecular flexibility index (Phi) is 5.14. The van der Waals surface area contributed by atoms with E-state index in [1.165, 1.54) is 18.3 Å². The Bertz CT molecular complexity index is 1070. The number of benzene rings is 2. The van der Waals surface area contributed by atoms with Crippen molar-refractivity contribution >= 4 is 32.6 Å². The molecule has 26 heavy (non-hydrogen) atoms. The molecule has 0 N–H and O–H groups in total. The Hall–Kier alpha value is -2.99. The Labute approximate surface area is 151 Å². The van der Waals surface area contributed by atoms with Crippen LogP contribution in [-0.4, -0.2) is 32.0 Å². The number of fused-ring (bicyclic) bond motifs is 1. The Balaban J connectivity index is 1.74. The Morgan fingerprint density at radius 2 is 1.85 bits per heavy atom. The molecule has 0 bridgehead atoms. The van der Waals surface area contributed by atoms with Gasteiger partial charge in [0.25, 0.3) is 0 Å². The van der Waals surface area contributed by atoms with E-state index in [1.807, 2.05) is 12.1 Å². The SMILES string of the molecule is COc1ccc(/C=C/C(=O)CS(=O)(=O)c2cnc3ccccc3c2)cc1. The number of ketones is 1. The summed E-state index contributed by atoms with van der Waals surface area (Å²) in [5.74, 6) is -0.381. The number of para-hydroxylation sites is 1. The topological polar surface area (TPSA) is 73.3 Å². The summed E-state index contributed by atoms with van der Waals surface area (Å²) in [7, 11) is -2.18. The molecule has 6 heteroatoms. The number of allylic oxidation sites excluding steroid dienone is 1. The van der Waals surface area contributed by atoms with Gasteiger partial charge < -0.3 is 4.74 Å². The standard InChI is InChI=1S/C20H17NO4S/c1-25-18-10-7-15(8-11-18)6-9-17(22)14-26(23,24)19-12-16-4-2-3-5-20(16)21-13-19/h2-13H,14H2,1H3/b9-6+. The lowest BCUT2D eigenvalue weighted by Gasteiger charge is -2.04. The van der Waals surface area contributed by atoms with Gasteiger partial charge in [0.1, 0.15) is 11.5 Å². The van der Waals surface area contributed by atoms with Crippen LogP contribution in [0.2, 0.25) is 0 Å². The third-order valence-electron chi connectivity index (χ3n) is 3.83. The molecule has 3 aromatic rings. The fourth-order valence-corrected chi connectivity index (χ4v) is 3.60. The molecule has 0 atom stereocenters. The largest absolute Gasteiger partial charge is 0.497 e. The summed E-state index contributed by atoms with van der Waals surface area (Å²) in [6, 6.07) is 15.9. The second-order valence-electron chi connectivity index (χ2n) is 5.70. The van der Waals surface area contributed by atoms with Crippen LogP contribution in [0.3, 0.4) is 0 Å². The monoisotopic (exact) mass is 367 g/mol. The lowest BCUT2D eigenvalue weighted by molar-refractivity contribution is -0.112. The number of methoxy groups -OCH3 is 1. The first kappa shape index (κ1) is 17.8. The van der Waals surface area contributed by atoms with Gasteiger partial charge in [-0.05, 0) is 35.9 Å². The Morgan fingerprint density at radius 1 is 1.12 bits per heavy atom. The van der Waals surface area contributed by atoms with Crippen LogP contribution in [0.4, 0.5) is 0 Å². The summed E-state index contributed by atoms with van der Waals surface area (Å²) in [5.41, 5.74) is 1.49. The first-order valence-corrected chi connectivity index (χ1v) is 9.56. The molecule has 0 saturated heterocycles. The predicted octanol–water partition coefficient (Wildman–Crippen LogP) is 3.30. The van der Waals surface area contributed by atoms with Crippen molar-refractivity contribution in [2.45, 2.75) is 4.90 Å². The van der Waals surface area contributed by atoms with Gasteiger partial charge >= 0.3 is 0 Å². The molecule has 0 amide bonds. The van der Waals surface area contributed by atoms with E-state index in [0.29, 0.717) is 11.3 Å². The second kappa shape index (κ2) is 7.49. The van der Waals surface area contributed by atoms with Crippen LogP contribution in [0, 0.1) is 0 Å². The van der Waals surface area contributed by atoms with Crippen molar-refractivity contribution in [1.82, 2.24) is 4.98 Å². The van der Waals surface area contributed by atoms with E-state index in [9.17, 15) is 13.2 Å². The molecular weight excluding hydrogens is 350 g/mol. The normalized spacial score (nSPS) is 11.7. The molecule has 132 valence electrons. The lowest BCUT2D eigenvalue weighted by atomic mass is 10.2. The fraction of sp³-hybridized carbons (Fsp3) is 0.100. The molecule has 3 rings (SSSR count). The summed E-state index contributed by atoms with van der Waals surface area (Å²) >= 11 is 0. The number of nitrogens with zero attached hydrogens (tertiary/aromatic N) is 1. The molecule has 1 aromatic heterocycles. The Morgan fingerprint density at radius 3 is 2.58 bits per heavy atom. The quantitative estimate of drug-likeness (QED) is 0.625. The first-order valence-electron chi connectivity index (χ1n) is 7.90. The third kappa shape index (κ3) is 4.15. The molecule has 0 spiro atoms. The molecule has 0 radical (unpaired) electrons. The van der Waals surface area contributed by atoms with E-state index in [1.54, 1.807) is 49.6 Å². The molecule has 0 aliphatic heterocycles. The number of hydrogen-bond donors (Lipinski definition) is 0. The summed E-state index contributed by atoms with van der Waals surface area (Å²) in [4.78, 5) is 16.3. The number of hydrogen-bond acceptors (Lipinski definition) is 5. The molecule has 0 aliphatic carbocycles. The van der Waals surface area contributed by atoms with Crippen LogP contribution in [0.25, 0.3) is 17.0 Å². The predicted molar refractivity (Wildman–Crippen MR) is 101 cm³/mol. The summed E-state index contributed by atoms with van der Waals surface area (Å²) in [6.45, 7) is 0. The van der Waals surface area contributed by atoms with Gasteiger partial charge in [0.2, 0.25) is 0 Å². The van der Waals surface area contributed by atoms with Crippen molar-refractivity contribution in [1.29, 1.82) is 0 Å². The average Bonchev–Trinajstić information content (AvgIpc) is 2.66. The van der Waals surface area contributed by atoms with E-state index >= 15 is 0 Å². The van der Waals surface area contributed by atoms with Gasteiger partial charge in [-0.2, -0.15) is 0 Å². The summed E-state index contributed by atoms with van der Waals surface area (Å²) in [5, 5.41) is 0.717. The minimum atomic E-state index is -3.75. The number of carbonyl (C=O) groups excluding carboxylic acids is 1. The molecular formula is C20H17NO4S. The average molecular weight is 367 g/mol. The van der Waals surface area contributed by atoms with Crippen LogP contribution >= 0.6 is 0 Å². The van der Waals surface area contributed by atoms with Gasteiger partial charge in [0, 0.05) is 11.6 Å². The number of pyridine rings is 1. The lowest BCUT2D eigenvalue weighted by Crippen LogP contribution is -2.14. The van der Waals surface area contributed by atoms with Crippen LogP contribution < -0.4 is 4.74 Å². The van der Waals surface area contributed by atoms with Crippen molar-refractivity contribution in [2.75, 3.05) is 12.9 Å². The first-order chi connectivity index (χ1) is 12.5. The van der Waals surface area contributed by atoms with Crippen LogP contribution in [0.1, 0.15) is 5.56 Å². The molecule has 0 fully saturated rings. The number of ether oxygens (including phenoxy) is 1. The highest BCUT2D eigenvalue weighted by molar-refractivity contribution is 7.92. The van der Waals surface area contributed by atoms with E-state index < -0.39 is 21.4 Å². The zero-order chi connectivity index (χ0) is 18.6. The third-order valence-corrected chi connectivity index (χ3v) is 5.44. The molecule has 0 aliphatic rings. The molecule has 0 unspecified atom stereocenters. The van der Waals surface area contributed by atoms with Crippen molar-refractivity contribution in [3.8, 4) is 5.75 Å². The maximum absolute atomic E-state index is 12.5. The van der Waals surface area contributed by atoms with Gasteiger partial charge in [-0.15, -0.1) is 0 Å². The van der Waals surface area contributed by atoms with Crippen molar-refractivity contribution in [2.24, 2.45) is 0 Å². The van der Waals surface area contributed by atoms with E-state index in [-0.39, 0.29) is 4.90 Å². The molecule has 1 heterocycles. The zero-order valence-electron chi connectivity index (χ0n) is 14.1. The fourth-order valence-electron chi connectivity index (χ4n) is 2.44. The minimum absolute atomic E-state index is 0.0439. The number of rotatable bonds is 6. The van der Waals surface area contributed by atoms with Crippen LogP contribution in [0.15, 0.2) is 71.8 Å². The summed E-state index contributed by atoms with van der Waals surface area (Å²) < 4.78 is 30.0. The van der Waals surface area contributed by atoms with Gasteiger partial charge in [0.15, 0.2) is 15.6 Å². The number of aromatic nitrogens is 1. The van der Waals surface area contributed by atoms with E-state index in [4.69, 9.17) is 4.74 Å². The van der Waals surface area contributed by atoms with E-state index in [2.05, 4.69) is 4.98 Å². The molecule has 5 nitrogen and oxygen atoms in total. The number of sulfone groups is 1. The minimum Gasteiger partial charge on any atom is -0.497 e. The molecule has 2 aromatic carbocycles. The van der Waals surface area contributed by atoms with Crippen molar-refractivity contribution in [3.05, 3.63) is 72.4 Å². The van der Waals surface area contributed by atoms with Gasteiger partial charge in [-0.25, -0.2) is 8.42 Å². The van der Waals surface area contributed by atoms with Gasteiger partial charge in [0.05, 0.1) is 17.5 Å². The highest BCUT2D eigenvalue weighted by atomic mass is 32.2. The maximum atomic E-state index is 12.5. The second-order valence-corrected chi connectivity index (χ2v) is 7.69. The molecule has 0 saturated carbocycles. The summed E-state index contributed by atoms with van der Waals surface area (Å²) in [6.07, 6.45) is 4.14. The zero-order valence-corrected chi connectivity index (χ0v) is 14.9. The maximum Gasteiger partial charge on any atom is 0.187 e. The highest BCUT2D eigenvalue weighted by Crippen LogP contribution is 2.18. The van der Waals surface area contributed by atoms with Gasteiger partial charge in [-0.3, -0.25) is 9.78 Å². The van der Waals surface area contributed by atoms with Crippen LogP contribution in [-0.2, 0) is 14.6 Å². The van der Waals surface area contributed by atoms with Crippen LogP contribution in [0.5, 0.6) is 5.75 Å². The van der Waals surface area contributed by atoms with Gasteiger partial charge in [-0.1, -0.05) is 36.4 Å².